The number of rotatable bonds is 5. The number of likely N-dealkylation sites (N-methyl/N-ethyl adjacent to an activating group) is 1. The normalized spacial score (nSPS) is 16.8. The maximum Gasteiger partial charge on any atom is 0.253 e. The summed E-state index contributed by atoms with van der Waals surface area (Å²) in [5.41, 5.74) is 3.22. The van der Waals surface area contributed by atoms with Gasteiger partial charge in [0.1, 0.15) is 0 Å². The molecule has 3 heterocycles. The summed E-state index contributed by atoms with van der Waals surface area (Å²) >= 11 is 6.32. The highest BCUT2D eigenvalue weighted by Gasteiger charge is 2.40. The van der Waals surface area contributed by atoms with Crippen LogP contribution in [0, 0.1) is 0 Å². The van der Waals surface area contributed by atoms with Crippen LogP contribution < -0.4 is 10.9 Å². The maximum absolute atomic E-state index is 13.1. The molecule has 4 aromatic rings. The molecule has 2 aliphatic rings. The molecule has 1 fully saturated rings. The van der Waals surface area contributed by atoms with E-state index in [2.05, 4.69) is 5.32 Å². The number of halogens is 1. The van der Waals surface area contributed by atoms with Gasteiger partial charge in [0, 0.05) is 55.4 Å². The number of piperidine rings is 1. The summed E-state index contributed by atoms with van der Waals surface area (Å²) < 4.78 is 1.61. The fourth-order valence-electron chi connectivity index (χ4n) is 6.03. The molecule has 0 spiro atoms. The fraction of sp³-hybridized carbons (Fsp3) is 0.273. The number of aromatic nitrogens is 1. The van der Waals surface area contributed by atoms with E-state index in [9.17, 15) is 14.7 Å². The number of aliphatic hydroxyl groups is 1. The third kappa shape index (κ3) is 4.79. The minimum absolute atomic E-state index is 0.0245. The molecule has 6 rings (SSSR count). The van der Waals surface area contributed by atoms with Crippen molar-refractivity contribution in [2.45, 2.75) is 24.9 Å². The third-order valence-electron chi connectivity index (χ3n) is 8.34. The lowest BCUT2D eigenvalue weighted by Gasteiger charge is -2.35. The Kier molecular flexibility index (Phi) is 7.09. The zero-order valence-electron chi connectivity index (χ0n) is 23.2. The Labute approximate surface area is 244 Å². The molecule has 1 aromatic heterocycles. The minimum Gasteiger partial charge on any atom is -0.374 e. The molecule has 0 radical (unpaired) electrons. The first-order valence-corrected chi connectivity index (χ1v) is 14.3. The third-order valence-corrected chi connectivity index (χ3v) is 8.58. The van der Waals surface area contributed by atoms with E-state index in [1.54, 1.807) is 23.7 Å². The molecule has 2 N–H and O–H groups in total. The van der Waals surface area contributed by atoms with E-state index in [1.165, 1.54) is 0 Å². The average Bonchev–Trinajstić information content (AvgIpc) is 3.44. The largest absolute Gasteiger partial charge is 0.374 e. The standard InChI is InChI=1S/C33H33ClN4O3/c1-36-21-35-20-30(36)33(41,24-11-9-22(10-12-24)32(40)38-15-4-3-5-16-38)25-13-14-29-28(18-25)27(19-31(39)37(29)2)23-7-6-8-26(34)17-23/h6-14,17-20,35,41H,3-5,15-16,21H2,1-2H3. The van der Waals surface area contributed by atoms with Crippen LogP contribution in [0.2, 0.25) is 5.02 Å². The van der Waals surface area contributed by atoms with Crippen molar-refractivity contribution in [2.75, 3.05) is 26.8 Å². The molecule has 7 nitrogen and oxygen atoms in total. The molecule has 8 heteroatoms. The molecule has 1 atom stereocenters. The molecule has 1 unspecified atom stereocenters. The zero-order chi connectivity index (χ0) is 28.7. The lowest BCUT2D eigenvalue weighted by molar-refractivity contribution is 0.0723. The number of hydrogen-bond donors (Lipinski definition) is 2. The van der Waals surface area contributed by atoms with Crippen LogP contribution in [-0.2, 0) is 12.6 Å². The van der Waals surface area contributed by atoms with Crippen LogP contribution in [0.4, 0.5) is 0 Å². The number of carbonyl (C=O) groups is 1. The Balaban J connectivity index is 1.50. The predicted octanol–water partition coefficient (Wildman–Crippen LogP) is 5.05. The highest BCUT2D eigenvalue weighted by atomic mass is 35.5. The SMILES string of the molecule is CN1CNC=C1C(O)(c1ccc(C(=O)N2CCCCC2)cc1)c1ccc2c(c1)c(-c1cccc(Cl)c1)cc(=O)n2C. The summed E-state index contributed by atoms with van der Waals surface area (Å²) in [5, 5.41) is 17.3. The van der Waals surface area contributed by atoms with Gasteiger partial charge in [-0.25, -0.2) is 0 Å². The minimum atomic E-state index is -1.53. The van der Waals surface area contributed by atoms with Gasteiger partial charge in [-0.05, 0) is 77.9 Å². The molecule has 0 bridgehead atoms. The number of nitrogens with one attached hydrogen (secondary N) is 1. The number of likely N-dealkylation sites (tertiary alicyclic amines) is 1. The van der Waals surface area contributed by atoms with Crippen LogP contribution in [0.15, 0.2) is 89.5 Å². The Morgan fingerprint density at radius 3 is 2.34 bits per heavy atom. The van der Waals surface area contributed by atoms with Crippen molar-refractivity contribution < 1.29 is 9.90 Å². The molecule has 1 amide bonds. The Morgan fingerprint density at radius 2 is 1.66 bits per heavy atom. The number of benzene rings is 3. The quantitative estimate of drug-likeness (QED) is 0.352. The van der Waals surface area contributed by atoms with Crippen molar-refractivity contribution >= 4 is 28.4 Å². The molecule has 1 saturated heterocycles. The van der Waals surface area contributed by atoms with Crippen molar-refractivity contribution in [3.63, 3.8) is 0 Å². The summed E-state index contributed by atoms with van der Waals surface area (Å²) in [6.45, 7) is 2.11. The Hall–Kier alpha value is -4.07. The number of pyridine rings is 1. The second-order valence-electron chi connectivity index (χ2n) is 10.9. The number of carbonyl (C=O) groups excluding carboxylic acids is 1. The molecule has 0 aliphatic carbocycles. The summed E-state index contributed by atoms with van der Waals surface area (Å²) in [6, 6.07) is 22.0. The van der Waals surface area contributed by atoms with Crippen LogP contribution in [0.3, 0.4) is 0 Å². The van der Waals surface area contributed by atoms with Crippen molar-refractivity contribution in [3.05, 3.63) is 117 Å². The van der Waals surface area contributed by atoms with Crippen molar-refractivity contribution in [1.82, 2.24) is 19.7 Å². The number of fused-ring (bicyclic) bond motifs is 1. The van der Waals surface area contributed by atoms with E-state index in [0.29, 0.717) is 34.1 Å². The second-order valence-corrected chi connectivity index (χ2v) is 11.4. The average molecular weight is 569 g/mol. The van der Waals surface area contributed by atoms with Gasteiger partial charge in [-0.2, -0.15) is 0 Å². The highest BCUT2D eigenvalue weighted by molar-refractivity contribution is 6.30. The van der Waals surface area contributed by atoms with Crippen molar-refractivity contribution in [2.24, 2.45) is 7.05 Å². The van der Waals surface area contributed by atoms with Crippen molar-refractivity contribution in [1.29, 1.82) is 0 Å². The van der Waals surface area contributed by atoms with Crippen LogP contribution >= 0.6 is 11.6 Å². The van der Waals surface area contributed by atoms with Crippen LogP contribution in [0.5, 0.6) is 0 Å². The lowest BCUT2D eigenvalue weighted by atomic mass is 9.82. The van der Waals surface area contributed by atoms with Gasteiger partial charge in [0.2, 0.25) is 0 Å². The Morgan fingerprint density at radius 1 is 0.927 bits per heavy atom. The van der Waals surface area contributed by atoms with Crippen LogP contribution in [0.25, 0.3) is 22.0 Å². The van der Waals surface area contributed by atoms with Gasteiger partial charge in [0.15, 0.2) is 5.60 Å². The van der Waals surface area contributed by atoms with Gasteiger partial charge in [-0.15, -0.1) is 0 Å². The van der Waals surface area contributed by atoms with E-state index in [-0.39, 0.29) is 11.5 Å². The first-order valence-electron chi connectivity index (χ1n) is 13.9. The van der Waals surface area contributed by atoms with Gasteiger partial charge in [-0.3, -0.25) is 9.59 Å². The Bertz CT molecular complexity index is 1720. The first-order chi connectivity index (χ1) is 19.8. The van der Waals surface area contributed by atoms with E-state index < -0.39 is 5.60 Å². The predicted molar refractivity (Wildman–Crippen MR) is 163 cm³/mol. The van der Waals surface area contributed by atoms with Crippen LogP contribution in [0.1, 0.15) is 40.7 Å². The molecular formula is C33H33ClN4O3. The van der Waals surface area contributed by atoms with E-state index in [4.69, 9.17) is 11.6 Å². The monoisotopic (exact) mass is 568 g/mol. The molecule has 0 saturated carbocycles. The number of amides is 1. The second kappa shape index (κ2) is 10.7. The van der Waals surface area contributed by atoms with Gasteiger partial charge >= 0.3 is 0 Å². The maximum atomic E-state index is 13.1. The summed E-state index contributed by atoms with van der Waals surface area (Å²) in [6.07, 6.45) is 5.05. The molecule has 2 aliphatic heterocycles. The highest BCUT2D eigenvalue weighted by Crippen LogP contribution is 2.41. The van der Waals surface area contributed by atoms with Gasteiger partial charge in [0.25, 0.3) is 11.5 Å². The summed E-state index contributed by atoms with van der Waals surface area (Å²) in [7, 11) is 3.67. The number of hydrogen-bond acceptors (Lipinski definition) is 5. The van der Waals surface area contributed by atoms with Gasteiger partial charge in [-0.1, -0.05) is 41.9 Å². The van der Waals surface area contributed by atoms with Gasteiger partial charge < -0.3 is 24.8 Å². The number of aryl methyl sites for hydroxylation is 1. The molecular weight excluding hydrogens is 536 g/mol. The smallest absolute Gasteiger partial charge is 0.253 e. The molecule has 210 valence electrons. The first kappa shape index (κ1) is 27.1. The number of nitrogens with zero attached hydrogens (tertiary/aromatic N) is 3. The van der Waals surface area contributed by atoms with E-state index in [0.717, 1.165) is 54.4 Å². The summed E-state index contributed by atoms with van der Waals surface area (Å²) in [4.78, 5) is 29.9. The fourth-order valence-corrected chi connectivity index (χ4v) is 6.22. The van der Waals surface area contributed by atoms with Crippen LogP contribution in [-0.4, -0.2) is 52.2 Å². The molecule has 41 heavy (non-hydrogen) atoms. The van der Waals surface area contributed by atoms with Gasteiger partial charge in [0.05, 0.1) is 17.9 Å². The van der Waals surface area contributed by atoms with E-state index in [1.807, 2.05) is 83.7 Å². The van der Waals surface area contributed by atoms with E-state index >= 15 is 0 Å². The lowest BCUT2D eigenvalue weighted by Crippen LogP contribution is -2.37. The van der Waals surface area contributed by atoms with Crippen molar-refractivity contribution in [3.8, 4) is 11.1 Å². The zero-order valence-corrected chi connectivity index (χ0v) is 24.0. The molecule has 3 aromatic carbocycles. The summed E-state index contributed by atoms with van der Waals surface area (Å²) in [5.74, 6) is 0.0245. The topological polar surface area (TPSA) is 77.8 Å².